The van der Waals surface area contributed by atoms with Gasteiger partial charge in [-0.2, -0.15) is 5.10 Å². The van der Waals surface area contributed by atoms with Crippen molar-refractivity contribution < 1.29 is 13.5 Å². The third-order valence-corrected chi connectivity index (χ3v) is 6.01. The normalized spacial score (nSPS) is 15.8. The molecule has 0 radical (unpaired) electrons. The first-order valence-corrected chi connectivity index (χ1v) is 12.0. The first-order valence-electron chi connectivity index (χ1n) is 10.1. The number of fused-ring (bicyclic) bond motifs is 1. The number of aliphatic hydroxyl groups excluding tert-OH is 1. The van der Waals surface area contributed by atoms with Crippen LogP contribution in [0.3, 0.4) is 0 Å². The maximum atomic E-state index is 12.0. The first kappa shape index (κ1) is 21.4. The Labute approximate surface area is 182 Å². The zero-order valence-electron chi connectivity index (χ0n) is 17.7. The van der Waals surface area contributed by atoms with E-state index in [-0.39, 0.29) is 6.61 Å². The molecule has 0 saturated carbocycles. The largest absolute Gasteiger partial charge is 0.392 e. The van der Waals surface area contributed by atoms with Crippen molar-refractivity contribution in [1.29, 1.82) is 0 Å². The van der Waals surface area contributed by atoms with Crippen LogP contribution in [0.5, 0.6) is 0 Å². The summed E-state index contributed by atoms with van der Waals surface area (Å²) in [6.45, 7) is 3.47. The Balaban J connectivity index is 1.72. The Kier molecular flexibility index (Phi) is 5.99. The molecule has 2 aromatic carbocycles. The quantitative estimate of drug-likeness (QED) is 0.543. The van der Waals surface area contributed by atoms with Crippen LogP contribution in [0, 0.1) is 0 Å². The number of aromatic nitrogens is 2. The summed E-state index contributed by atoms with van der Waals surface area (Å²) in [7, 11) is -1.35. The van der Waals surface area contributed by atoms with Gasteiger partial charge in [-0.3, -0.25) is 9.82 Å². The molecule has 0 aliphatic carbocycles. The van der Waals surface area contributed by atoms with Crippen molar-refractivity contribution in [3.63, 3.8) is 0 Å². The van der Waals surface area contributed by atoms with Crippen molar-refractivity contribution in [2.75, 3.05) is 49.1 Å². The molecule has 0 unspecified atom stereocenters. The highest BCUT2D eigenvalue weighted by atomic mass is 32.2. The fraction of sp³-hybridized carbons (Fsp3) is 0.318. The fourth-order valence-electron chi connectivity index (χ4n) is 3.76. The highest BCUT2D eigenvalue weighted by molar-refractivity contribution is 7.92. The molecule has 3 N–H and O–H groups in total. The molecule has 4 rings (SSSR count). The summed E-state index contributed by atoms with van der Waals surface area (Å²) in [5.41, 5.74) is 4.75. The molecule has 1 aliphatic heterocycles. The second-order valence-corrected chi connectivity index (χ2v) is 9.67. The van der Waals surface area contributed by atoms with Crippen molar-refractivity contribution in [2.45, 2.75) is 6.61 Å². The highest BCUT2D eigenvalue weighted by Gasteiger charge is 2.20. The van der Waals surface area contributed by atoms with E-state index in [0.29, 0.717) is 11.4 Å². The summed E-state index contributed by atoms with van der Waals surface area (Å²) in [6, 6.07) is 11.4. The van der Waals surface area contributed by atoms with Crippen LogP contribution in [-0.2, 0) is 16.6 Å². The highest BCUT2D eigenvalue weighted by Crippen LogP contribution is 2.33. The number of hydrogen-bond acceptors (Lipinski definition) is 6. The number of H-pyrrole nitrogens is 1. The standard InChI is InChI=1S/C22H27N5O3S/c1-26-8-10-27(11-9-26)22-14-20-18(13-21(22)25-31(2,29)30)19(23-24-20)7-6-16-4-3-5-17(12-16)15-28/h3-7,12-14,25,28H,8-11,15H2,1-2H3,(H,23,24). The summed E-state index contributed by atoms with van der Waals surface area (Å²) in [5, 5.41) is 17.6. The van der Waals surface area contributed by atoms with Crippen LogP contribution in [0.4, 0.5) is 11.4 Å². The van der Waals surface area contributed by atoms with Crippen molar-refractivity contribution >= 4 is 44.5 Å². The minimum absolute atomic E-state index is 0.0113. The van der Waals surface area contributed by atoms with E-state index in [9.17, 15) is 13.5 Å². The predicted octanol–water partition coefficient (Wildman–Crippen LogP) is 2.35. The number of nitrogens with zero attached hydrogens (tertiary/aromatic N) is 3. The molecule has 2 heterocycles. The molecule has 3 aromatic rings. The molecular weight excluding hydrogens is 414 g/mol. The van der Waals surface area contributed by atoms with Crippen LogP contribution in [0.25, 0.3) is 23.1 Å². The molecule has 0 spiro atoms. The van der Waals surface area contributed by atoms with Gasteiger partial charge in [0.1, 0.15) is 0 Å². The van der Waals surface area contributed by atoms with Gasteiger partial charge in [0, 0.05) is 31.6 Å². The minimum atomic E-state index is -3.44. The molecule has 31 heavy (non-hydrogen) atoms. The number of aromatic amines is 1. The summed E-state index contributed by atoms with van der Waals surface area (Å²) in [6.07, 6.45) is 4.97. The lowest BCUT2D eigenvalue weighted by Gasteiger charge is -2.35. The fourth-order valence-corrected chi connectivity index (χ4v) is 4.32. The number of sulfonamides is 1. The molecule has 1 aromatic heterocycles. The molecule has 0 amide bonds. The van der Waals surface area contributed by atoms with Crippen LogP contribution < -0.4 is 9.62 Å². The van der Waals surface area contributed by atoms with Gasteiger partial charge in [0.25, 0.3) is 0 Å². The van der Waals surface area contributed by atoms with Gasteiger partial charge in [-0.1, -0.05) is 24.3 Å². The van der Waals surface area contributed by atoms with Crippen molar-refractivity contribution in [3.8, 4) is 0 Å². The van der Waals surface area contributed by atoms with Gasteiger partial charge in [0.05, 0.1) is 35.4 Å². The minimum Gasteiger partial charge on any atom is -0.392 e. The Hall–Kier alpha value is -2.88. The maximum Gasteiger partial charge on any atom is 0.229 e. The van der Waals surface area contributed by atoms with E-state index in [1.54, 1.807) is 0 Å². The van der Waals surface area contributed by atoms with E-state index < -0.39 is 10.0 Å². The lowest BCUT2D eigenvalue weighted by molar-refractivity contribution is 0.282. The van der Waals surface area contributed by atoms with Crippen molar-refractivity contribution in [2.24, 2.45) is 0 Å². The molecular formula is C22H27N5O3S. The Bertz CT molecular complexity index is 1210. The maximum absolute atomic E-state index is 12.0. The van der Waals surface area contributed by atoms with Gasteiger partial charge in [0.2, 0.25) is 10.0 Å². The number of anilines is 2. The van der Waals surface area contributed by atoms with Gasteiger partial charge in [-0.05, 0) is 42.4 Å². The molecule has 1 aliphatic rings. The first-order chi connectivity index (χ1) is 14.8. The summed E-state index contributed by atoms with van der Waals surface area (Å²) >= 11 is 0. The van der Waals surface area contributed by atoms with Gasteiger partial charge in [0.15, 0.2) is 0 Å². The van der Waals surface area contributed by atoms with Crippen LogP contribution >= 0.6 is 0 Å². The van der Waals surface area contributed by atoms with Crippen molar-refractivity contribution in [3.05, 3.63) is 53.2 Å². The van der Waals surface area contributed by atoms with Gasteiger partial charge in [-0.25, -0.2) is 8.42 Å². The average molecular weight is 442 g/mol. The third-order valence-electron chi connectivity index (χ3n) is 5.42. The molecule has 9 heteroatoms. The van der Waals surface area contributed by atoms with E-state index in [2.05, 4.69) is 31.8 Å². The molecule has 1 fully saturated rings. The third kappa shape index (κ3) is 5.07. The second kappa shape index (κ2) is 8.70. The van der Waals surface area contributed by atoms with E-state index in [1.165, 1.54) is 0 Å². The van der Waals surface area contributed by atoms with E-state index in [0.717, 1.165) is 60.2 Å². The van der Waals surface area contributed by atoms with Gasteiger partial charge in [-0.15, -0.1) is 0 Å². The Morgan fingerprint density at radius 2 is 1.94 bits per heavy atom. The second-order valence-electron chi connectivity index (χ2n) is 7.92. The number of hydrogen-bond donors (Lipinski definition) is 3. The van der Waals surface area contributed by atoms with Crippen molar-refractivity contribution in [1.82, 2.24) is 15.1 Å². The monoisotopic (exact) mass is 441 g/mol. The molecule has 0 atom stereocenters. The predicted molar refractivity (Wildman–Crippen MR) is 126 cm³/mol. The lowest BCUT2D eigenvalue weighted by Crippen LogP contribution is -2.44. The summed E-state index contributed by atoms with van der Waals surface area (Å²) in [4.78, 5) is 4.45. The molecule has 0 bridgehead atoms. The topological polar surface area (TPSA) is 102 Å². The zero-order chi connectivity index (χ0) is 22.0. The SMILES string of the molecule is CN1CCN(c2cc3[nH]nc(C=Cc4cccc(CO)c4)c3cc2NS(C)(=O)=O)CC1. The number of piperazine rings is 1. The zero-order valence-corrected chi connectivity index (χ0v) is 18.5. The lowest BCUT2D eigenvalue weighted by atomic mass is 10.1. The van der Waals surface area contributed by atoms with Crippen LogP contribution in [0.1, 0.15) is 16.8 Å². The Morgan fingerprint density at radius 3 is 2.65 bits per heavy atom. The summed E-state index contributed by atoms with van der Waals surface area (Å²) in [5.74, 6) is 0. The summed E-state index contributed by atoms with van der Waals surface area (Å²) < 4.78 is 26.7. The van der Waals surface area contributed by atoms with Crippen LogP contribution in [-0.4, -0.2) is 68.1 Å². The number of likely N-dealkylation sites (N-methyl/N-ethyl adjacent to an activating group) is 1. The number of nitrogens with one attached hydrogen (secondary N) is 2. The average Bonchev–Trinajstić information content (AvgIpc) is 3.13. The van der Waals surface area contributed by atoms with Crippen LogP contribution in [0.2, 0.25) is 0 Å². The Morgan fingerprint density at radius 1 is 1.16 bits per heavy atom. The van der Waals surface area contributed by atoms with E-state index >= 15 is 0 Å². The van der Waals surface area contributed by atoms with Gasteiger partial charge >= 0.3 is 0 Å². The van der Waals surface area contributed by atoms with E-state index in [4.69, 9.17) is 0 Å². The van der Waals surface area contributed by atoms with E-state index in [1.807, 2.05) is 48.6 Å². The molecule has 8 nitrogen and oxygen atoms in total. The van der Waals surface area contributed by atoms with Gasteiger partial charge < -0.3 is 14.9 Å². The number of aliphatic hydroxyl groups is 1. The number of benzene rings is 2. The smallest absolute Gasteiger partial charge is 0.229 e. The molecule has 1 saturated heterocycles. The molecule has 164 valence electrons. The number of rotatable bonds is 6. The van der Waals surface area contributed by atoms with Crippen LogP contribution in [0.15, 0.2) is 36.4 Å².